The fourth-order valence-electron chi connectivity index (χ4n) is 2.06. The van der Waals surface area contributed by atoms with Crippen LogP contribution < -0.4 is 5.73 Å². The fraction of sp³-hybridized carbons (Fsp3) is 0.692. The van der Waals surface area contributed by atoms with Gasteiger partial charge >= 0.3 is 0 Å². The molecule has 0 spiro atoms. The molecule has 17 heavy (non-hydrogen) atoms. The molecule has 3 nitrogen and oxygen atoms in total. The average molecular weight is 256 g/mol. The molecule has 0 saturated carbocycles. The summed E-state index contributed by atoms with van der Waals surface area (Å²) < 4.78 is 0. The largest absolute Gasteiger partial charge is 0.393 e. The van der Waals surface area contributed by atoms with Crippen LogP contribution in [0.15, 0.2) is 11.4 Å². The van der Waals surface area contributed by atoms with Gasteiger partial charge in [-0.25, -0.2) is 0 Å². The van der Waals surface area contributed by atoms with Gasteiger partial charge in [0.15, 0.2) is 0 Å². The summed E-state index contributed by atoms with van der Waals surface area (Å²) in [6.07, 6.45) is 0.528. The van der Waals surface area contributed by atoms with E-state index in [1.54, 1.807) is 11.3 Å². The molecule has 0 amide bonds. The van der Waals surface area contributed by atoms with Gasteiger partial charge in [0.1, 0.15) is 0 Å². The zero-order valence-electron chi connectivity index (χ0n) is 11.2. The lowest BCUT2D eigenvalue weighted by molar-refractivity contribution is 0.144. The number of aryl methyl sites for hydroxylation is 1. The predicted molar refractivity (Wildman–Crippen MR) is 74.4 cm³/mol. The number of aliphatic hydroxyl groups is 1. The maximum Gasteiger partial charge on any atom is 0.0590 e. The van der Waals surface area contributed by atoms with E-state index in [1.165, 1.54) is 10.4 Å². The van der Waals surface area contributed by atoms with Crippen molar-refractivity contribution in [1.82, 2.24) is 4.90 Å². The summed E-state index contributed by atoms with van der Waals surface area (Å²) in [6, 6.07) is 2.47. The molecule has 0 aromatic carbocycles. The van der Waals surface area contributed by atoms with Crippen molar-refractivity contribution >= 4 is 11.3 Å². The second-order valence-electron chi connectivity index (χ2n) is 4.89. The first-order valence-corrected chi connectivity index (χ1v) is 6.99. The summed E-state index contributed by atoms with van der Waals surface area (Å²) in [5.74, 6) is 0. The van der Waals surface area contributed by atoms with Crippen molar-refractivity contribution in [3.05, 3.63) is 21.9 Å². The normalized spacial score (nSPS) is 17.1. The lowest BCUT2D eigenvalue weighted by Gasteiger charge is -2.31. The molecule has 4 heteroatoms. The summed E-state index contributed by atoms with van der Waals surface area (Å²) in [7, 11) is 2.08. The van der Waals surface area contributed by atoms with Crippen molar-refractivity contribution < 1.29 is 5.11 Å². The van der Waals surface area contributed by atoms with Crippen LogP contribution in [0.1, 0.15) is 36.8 Å². The van der Waals surface area contributed by atoms with Crippen molar-refractivity contribution in [1.29, 1.82) is 0 Å². The molecule has 0 aliphatic rings. The first-order valence-electron chi connectivity index (χ1n) is 6.11. The summed E-state index contributed by atoms with van der Waals surface area (Å²) >= 11 is 1.76. The van der Waals surface area contributed by atoms with Crippen LogP contribution >= 0.6 is 11.3 Å². The lowest BCUT2D eigenvalue weighted by Crippen LogP contribution is -2.38. The Labute approximate surface area is 108 Å². The van der Waals surface area contributed by atoms with Crippen LogP contribution in [0.25, 0.3) is 0 Å². The van der Waals surface area contributed by atoms with E-state index in [9.17, 15) is 5.11 Å². The highest BCUT2D eigenvalue weighted by molar-refractivity contribution is 7.10. The van der Waals surface area contributed by atoms with E-state index in [1.807, 2.05) is 13.8 Å². The van der Waals surface area contributed by atoms with Gasteiger partial charge in [-0.3, -0.25) is 4.90 Å². The van der Waals surface area contributed by atoms with E-state index >= 15 is 0 Å². The van der Waals surface area contributed by atoms with Crippen LogP contribution in [0, 0.1) is 6.92 Å². The van der Waals surface area contributed by atoms with Gasteiger partial charge in [-0.1, -0.05) is 0 Å². The van der Waals surface area contributed by atoms with Gasteiger partial charge in [-0.2, -0.15) is 0 Å². The highest BCUT2D eigenvalue weighted by Crippen LogP contribution is 2.30. The Morgan fingerprint density at radius 3 is 2.53 bits per heavy atom. The molecule has 3 atom stereocenters. The zero-order valence-corrected chi connectivity index (χ0v) is 12.0. The van der Waals surface area contributed by atoms with Crippen LogP contribution in [-0.2, 0) is 0 Å². The number of hydrogen-bond donors (Lipinski definition) is 2. The van der Waals surface area contributed by atoms with Crippen LogP contribution in [0.3, 0.4) is 0 Å². The molecule has 1 aromatic rings. The predicted octanol–water partition coefficient (Wildman–Crippen LogP) is 2.15. The third-order valence-corrected chi connectivity index (χ3v) is 4.13. The van der Waals surface area contributed by atoms with Gasteiger partial charge in [0.2, 0.25) is 0 Å². The maximum absolute atomic E-state index is 9.35. The minimum atomic E-state index is -0.254. The van der Waals surface area contributed by atoms with E-state index in [2.05, 4.69) is 30.3 Å². The van der Waals surface area contributed by atoms with Crippen LogP contribution in [0.5, 0.6) is 0 Å². The SMILES string of the molecule is Cc1ccsc1C(C(C)N)N(C)CCC(C)O. The minimum absolute atomic E-state index is 0.0892. The van der Waals surface area contributed by atoms with Crippen molar-refractivity contribution in [2.75, 3.05) is 13.6 Å². The summed E-state index contributed by atoms with van der Waals surface area (Å²) in [5, 5.41) is 11.5. The minimum Gasteiger partial charge on any atom is -0.393 e. The summed E-state index contributed by atoms with van der Waals surface area (Å²) in [4.78, 5) is 3.59. The second-order valence-corrected chi connectivity index (χ2v) is 5.84. The molecule has 0 saturated heterocycles. The third-order valence-electron chi connectivity index (χ3n) is 3.04. The smallest absolute Gasteiger partial charge is 0.0590 e. The zero-order chi connectivity index (χ0) is 13.0. The summed E-state index contributed by atoms with van der Waals surface area (Å²) in [5.41, 5.74) is 7.41. The standard InChI is InChI=1S/C13H24N2OS/c1-9-6-8-17-13(9)12(11(3)14)15(4)7-5-10(2)16/h6,8,10-12,16H,5,7,14H2,1-4H3. The highest BCUT2D eigenvalue weighted by Gasteiger charge is 2.23. The quantitative estimate of drug-likeness (QED) is 0.820. The second kappa shape index (κ2) is 6.50. The van der Waals surface area contributed by atoms with Crippen LogP contribution in [-0.4, -0.2) is 35.7 Å². The van der Waals surface area contributed by atoms with Gasteiger partial charge in [0, 0.05) is 17.5 Å². The van der Waals surface area contributed by atoms with E-state index in [4.69, 9.17) is 5.73 Å². The molecule has 0 radical (unpaired) electrons. The summed E-state index contributed by atoms with van der Waals surface area (Å²) in [6.45, 7) is 6.86. The van der Waals surface area contributed by atoms with Gasteiger partial charge in [0.25, 0.3) is 0 Å². The van der Waals surface area contributed by atoms with Gasteiger partial charge in [-0.15, -0.1) is 11.3 Å². The number of nitrogens with two attached hydrogens (primary N) is 1. The topological polar surface area (TPSA) is 49.5 Å². The Morgan fingerprint density at radius 1 is 1.47 bits per heavy atom. The number of hydrogen-bond acceptors (Lipinski definition) is 4. The maximum atomic E-state index is 9.35. The monoisotopic (exact) mass is 256 g/mol. The Balaban J connectivity index is 2.76. The van der Waals surface area contributed by atoms with Gasteiger partial charge in [0.05, 0.1) is 12.1 Å². The van der Waals surface area contributed by atoms with Gasteiger partial charge < -0.3 is 10.8 Å². The van der Waals surface area contributed by atoms with E-state index in [-0.39, 0.29) is 18.2 Å². The highest BCUT2D eigenvalue weighted by atomic mass is 32.1. The number of likely N-dealkylation sites (N-methyl/N-ethyl adjacent to an activating group) is 1. The molecule has 3 unspecified atom stereocenters. The van der Waals surface area contributed by atoms with Crippen molar-refractivity contribution in [3.8, 4) is 0 Å². The Bertz CT molecular complexity index is 336. The molecule has 1 aromatic heterocycles. The molecule has 0 aliphatic heterocycles. The molecule has 1 heterocycles. The average Bonchev–Trinajstić information content (AvgIpc) is 2.62. The molecule has 0 fully saturated rings. The molecule has 1 rings (SSSR count). The Hall–Kier alpha value is -0.420. The molecule has 0 aliphatic carbocycles. The molecular weight excluding hydrogens is 232 g/mol. The fourth-order valence-corrected chi connectivity index (χ4v) is 3.26. The van der Waals surface area contributed by atoms with Crippen LogP contribution in [0.4, 0.5) is 0 Å². The Morgan fingerprint density at radius 2 is 2.12 bits per heavy atom. The van der Waals surface area contributed by atoms with E-state index in [0.717, 1.165) is 13.0 Å². The number of aliphatic hydroxyl groups excluding tert-OH is 1. The van der Waals surface area contributed by atoms with Crippen LogP contribution in [0.2, 0.25) is 0 Å². The number of thiophene rings is 1. The molecular formula is C13H24N2OS. The van der Waals surface area contributed by atoms with E-state index in [0.29, 0.717) is 0 Å². The molecule has 98 valence electrons. The lowest BCUT2D eigenvalue weighted by atomic mass is 10.0. The number of nitrogens with zero attached hydrogens (tertiary/aromatic N) is 1. The third kappa shape index (κ3) is 4.07. The Kier molecular flexibility index (Phi) is 5.59. The number of rotatable bonds is 6. The first kappa shape index (κ1) is 14.6. The van der Waals surface area contributed by atoms with Crippen molar-refractivity contribution in [2.45, 2.75) is 45.4 Å². The molecule has 0 bridgehead atoms. The van der Waals surface area contributed by atoms with E-state index < -0.39 is 0 Å². The van der Waals surface area contributed by atoms with Crippen molar-refractivity contribution in [3.63, 3.8) is 0 Å². The van der Waals surface area contributed by atoms with Gasteiger partial charge in [-0.05, 0) is 51.2 Å². The first-order chi connectivity index (χ1) is 7.93. The molecule has 3 N–H and O–H groups in total. The van der Waals surface area contributed by atoms with Crippen molar-refractivity contribution in [2.24, 2.45) is 5.73 Å².